The zero-order chi connectivity index (χ0) is 20.2. The highest BCUT2D eigenvalue weighted by molar-refractivity contribution is 6.31. The first-order valence-corrected chi connectivity index (χ1v) is 10.4. The summed E-state index contributed by atoms with van der Waals surface area (Å²) in [4.78, 5) is 14.8. The Morgan fingerprint density at radius 3 is 2.55 bits per heavy atom. The van der Waals surface area contributed by atoms with Gasteiger partial charge in [0.15, 0.2) is 0 Å². The third-order valence-corrected chi connectivity index (χ3v) is 6.09. The number of halogens is 2. The van der Waals surface area contributed by atoms with Gasteiger partial charge in [-0.1, -0.05) is 60.1 Å². The maximum Gasteiger partial charge on any atom is 0.223 e. The molecule has 4 rings (SSSR count). The SMILES string of the molecule is O=C(NCc1cccc2ccccc12)C1CCN(Cc2c(F)cccc2Cl)CC1. The van der Waals surface area contributed by atoms with E-state index in [1.54, 1.807) is 12.1 Å². The topological polar surface area (TPSA) is 32.3 Å². The van der Waals surface area contributed by atoms with Crippen molar-refractivity contribution >= 4 is 28.3 Å². The highest BCUT2D eigenvalue weighted by atomic mass is 35.5. The molecule has 0 radical (unpaired) electrons. The van der Waals surface area contributed by atoms with Gasteiger partial charge in [0.25, 0.3) is 0 Å². The molecular formula is C24H24ClFN2O. The molecule has 0 aliphatic carbocycles. The van der Waals surface area contributed by atoms with E-state index in [-0.39, 0.29) is 17.6 Å². The van der Waals surface area contributed by atoms with Gasteiger partial charge in [0.1, 0.15) is 5.82 Å². The van der Waals surface area contributed by atoms with Gasteiger partial charge in [0.2, 0.25) is 5.91 Å². The molecule has 0 spiro atoms. The zero-order valence-electron chi connectivity index (χ0n) is 16.2. The van der Waals surface area contributed by atoms with Gasteiger partial charge >= 0.3 is 0 Å². The van der Waals surface area contributed by atoms with Crippen LogP contribution in [0.1, 0.15) is 24.0 Å². The number of fused-ring (bicyclic) bond motifs is 1. The highest BCUT2D eigenvalue weighted by Crippen LogP contribution is 2.25. The lowest BCUT2D eigenvalue weighted by atomic mass is 9.95. The summed E-state index contributed by atoms with van der Waals surface area (Å²) in [6, 6.07) is 19.1. The largest absolute Gasteiger partial charge is 0.352 e. The van der Waals surface area contributed by atoms with Crippen molar-refractivity contribution in [3.05, 3.63) is 82.6 Å². The van der Waals surface area contributed by atoms with Gasteiger partial charge in [-0.3, -0.25) is 9.69 Å². The van der Waals surface area contributed by atoms with Crippen LogP contribution in [0.25, 0.3) is 10.8 Å². The Balaban J connectivity index is 1.31. The van der Waals surface area contributed by atoms with E-state index < -0.39 is 0 Å². The van der Waals surface area contributed by atoms with E-state index in [1.807, 2.05) is 18.2 Å². The van der Waals surface area contributed by atoms with Crippen molar-refractivity contribution in [1.29, 1.82) is 0 Å². The fourth-order valence-electron chi connectivity index (χ4n) is 4.03. The summed E-state index contributed by atoms with van der Waals surface area (Å²) in [5.74, 6) is -0.175. The summed E-state index contributed by atoms with van der Waals surface area (Å²) in [5, 5.41) is 5.92. The summed E-state index contributed by atoms with van der Waals surface area (Å²) in [6.07, 6.45) is 1.54. The van der Waals surface area contributed by atoms with Crippen LogP contribution in [0, 0.1) is 11.7 Å². The average molecular weight is 411 g/mol. The average Bonchev–Trinajstić information content (AvgIpc) is 2.75. The fraction of sp³-hybridized carbons (Fsp3) is 0.292. The Bertz CT molecular complexity index is 989. The predicted molar refractivity (Wildman–Crippen MR) is 115 cm³/mol. The quantitative estimate of drug-likeness (QED) is 0.630. The number of likely N-dealkylation sites (tertiary alicyclic amines) is 1. The monoisotopic (exact) mass is 410 g/mol. The van der Waals surface area contributed by atoms with Gasteiger partial charge in [-0.25, -0.2) is 4.39 Å². The molecule has 0 saturated carbocycles. The van der Waals surface area contributed by atoms with Crippen LogP contribution in [0.2, 0.25) is 5.02 Å². The number of benzene rings is 3. The standard InChI is InChI=1S/C24H24ClFN2O/c25-22-9-4-10-23(26)21(22)16-28-13-11-18(12-14-28)24(29)27-15-19-7-3-6-17-5-1-2-8-20(17)19/h1-10,18H,11-16H2,(H,27,29). The van der Waals surface area contributed by atoms with Crippen LogP contribution < -0.4 is 5.32 Å². The van der Waals surface area contributed by atoms with E-state index >= 15 is 0 Å². The number of hydrogen-bond donors (Lipinski definition) is 1. The fourth-order valence-corrected chi connectivity index (χ4v) is 4.26. The van der Waals surface area contributed by atoms with Gasteiger partial charge in [-0.15, -0.1) is 0 Å². The number of hydrogen-bond acceptors (Lipinski definition) is 2. The molecule has 1 saturated heterocycles. The van der Waals surface area contributed by atoms with Crippen LogP contribution >= 0.6 is 11.6 Å². The van der Waals surface area contributed by atoms with E-state index in [4.69, 9.17) is 11.6 Å². The van der Waals surface area contributed by atoms with E-state index in [9.17, 15) is 9.18 Å². The van der Waals surface area contributed by atoms with Gasteiger partial charge in [0, 0.05) is 29.6 Å². The number of piperidine rings is 1. The number of carbonyl (C=O) groups excluding carboxylic acids is 1. The van der Waals surface area contributed by atoms with Gasteiger partial charge < -0.3 is 5.32 Å². The lowest BCUT2D eigenvalue weighted by Gasteiger charge is -2.31. The number of nitrogens with zero attached hydrogens (tertiary/aromatic N) is 1. The first-order chi connectivity index (χ1) is 14.1. The summed E-state index contributed by atoms with van der Waals surface area (Å²) >= 11 is 6.14. The first kappa shape index (κ1) is 19.9. The van der Waals surface area contributed by atoms with Crippen LogP contribution in [0.15, 0.2) is 60.7 Å². The highest BCUT2D eigenvalue weighted by Gasteiger charge is 2.25. The molecule has 0 aromatic heterocycles. The van der Waals surface area contributed by atoms with Crippen LogP contribution in [-0.2, 0) is 17.9 Å². The number of nitrogens with one attached hydrogen (secondary N) is 1. The normalized spacial score (nSPS) is 15.5. The van der Waals surface area contributed by atoms with E-state index in [2.05, 4.69) is 34.5 Å². The Morgan fingerprint density at radius 1 is 1.03 bits per heavy atom. The lowest BCUT2D eigenvalue weighted by Crippen LogP contribution is -2.40. The van der Waals surface area contributed by atoms with Crippen molar-refractivity contribution in [2.75, 3.05) is 13.1 Å². The van der Waals surface area contributed by atoms with Crippen LogP contribution in [-0.4, -0.2) is 23.9 Å². The molecule has 150 valence electrons. The Hall–Kier alpha value is -2.43. The first-order valence-electron chi connectivity index (χ1n) is 10.0. The van der Waals surface area contributed by atoms with Gasteiger partial charge in [-0.05, 0) is 54.4 Å². The second kappa shape index (κ2) is 8.93. The summed E-state index contributed by atoms with van der Waals surface area (Å²) < 4.78 is 14.0. The minimum atomic E-state index is -0.271. The van der Waals surface area contributed by atoms with Crippen molar-refractivity contribution in [1.82, 2.24) is 10.2 Å². The van der Waals surface area contributed by atoms with Crippen molar-refractivity contribution in [3.63, 3.8) is 0 Å². The molecule has 3 aromatic carbocycles. The molecule has 0 atom stereocenters. The molecule has 1 aliphatic rings. The molecule has 1 heterocycles. The molecule has 3 nitrogen and oxygen atoms in total. The Morgan fingerprint density at radius 2 is 1.76 bits per heavy atom. The number of amides is 1. The molecule has 0 bridgehead atoms. The maximum atomic E-state index is 14.0. The van der Waals surface area contributed by atoms with Crippen molar-refractivity contribution < 1.29 is 9.18 Å². The second-order valence-electron chi connectivity index (χ2n) is 7.61. The summed E-state index contributed by atoms with van der Waals surface area (Å²) in [6.45, 7) is 2.54. The van der Waals surface area contributed by atoms with Gasteiger partial charge in [-0.2, -0.15) is 0 Å². The van der Waals surface area contributed by atoms with Crippen molar-refractivity contribution in [2.45, 2.75) is 25.9 Å². The molecule has 1 amide bonds. The second-order valence-corrected chi connectivity index (χ2v) is 8.01. The van der Waals surface area contributed by atoms with E-state index in [1.165, 1.54) is 16.8 Å². The van der Waals surface area contributed by atoms with Crippen LogP contribution in [0.4, 0.5) is 4.39 Å². The maximum absolute atomic E-state index is 14.0. The van der Waals surface area contributed by atoms with Crippen molar-refractivity contribution in [3.8, 4) is 0 Å². The zero-order valence-corrected chi connectivity index (χ0v) is 17.0. The number of carbonyl (C=O) groups is 1. The Labute approximate surface area is 175 Å². The molecule has 29 heavy (non-hydrogen) atoms. The molecule has 1 aliphatic heterocycles. The molecular weight excluding hydrogens is 387 g/mol. The molecule has 3 aromatic rings. The third kappa shape index (κ3) is 4.60. The smallest absolute Gasteiger partial charge is 0.223 e. The molecule has 1 fully saturated rings. The summed E-state index contributed by atoms with van der Waals surface area (Å²) in [5.41, 5.74) is 1.66. The van der Waals surface area contributed by atoms with E-state index in [0.29, 0.717) is 23.7 Å². The molecule has 0 unspecified atom stereocenters. The van der Waals surface area contributed by atoms with Crippen LogP contribution in [0.3, 0.4) is 0 Å². The minimum absolute atomic E-state index is 0.00248. The van der Waals surface area contributed by atoms with Gasteiger partial charge in [0.05, 0.1) is 0 Å². The lowest BCUT2D eigenvalue weighted by molar-refractivity contribution is -0.126. The van der Waals surface area contributed by atoms with Crippen LogP contribution in [0.5, 0.6) is 0 Å². The van der Waals surface area contributed by atoms with E-state index in [0.717, 1.165) is 31.5 Å². The third-order valence-electron chi connectivity index (χ3n) is 5.73. The molecule has 1 N–H and O–H groups in total. The number of rotatable bonds is 5. The summed E-state index contributed by atoms with van der Waals surface area (Å²) in [7, 11) is 0. The molecule has 5 heteroatoms. The van der Waals surface area contributed by atoms with Crippen molar-refractivity contribution in [2.24, 2.45) is 5.92 Å². The minimum Gasteiger partial charge on any atom is -0.352 e. The Kier molecular flexibility index (Phi) is 6.12. The predicted octanol–water partition coefficient (Wildman–Crippen LogP) is 5.16.